The molecule has 1 aromatic rings. The van der Waals surface area contributed by atoms with Gasteiger partial charge < -0.3 is 9.47 Å². The van der Waals surface area contributed by atoms with Gasteiger partial charge in [0, 0.05) is 17.5 Å². The molecule has 4 heteroatoms. The topological polar surface area (TPSA) is 35.5 Å². The van der Waals surface area contributed by atoms with Gasteiger partial charge in [0.15, 0.2) is 17.8 Å². The van der Waals surface area contributed by atoms with E-state index in [-0.39, 0.29) is 6.10 Å². The van der Waals surface area contributed by atoms with Gasteiger partial charge in [0.05, 0.1) is 12.1 Å². The predicted molar refractivity (Wildman–Crippen MR) is 57.2 cm³/mol. The Morgan fingerprint density at radius 3 is 3.00 bits per heavy atom. The first-order chi connectivity index (χ1) is 7.17. The third kappa shape index (κ3) is 1.57. The Bertz CT molecular complexity index is 415. The SMILES string of the molecule is COc1cc(C=O)c(Cl)c2c1OC(C)C2. The predicted octanol–water partition coefficient (Wildman–Crippen LogP) is 2.48. The monoisotopic (exact) mass is 226 g/mol. The first-order valence-electron chi connectivity index (χ1n) is 4.68. The Kier molecular flexibility index (Phi) is 2.57. The number of fused-ring (bicyclic) bond motifs is 1. The van der Waals surface area contributed by atoms with Gasteiger partial charge in [-0.3, -0.25) is 4.79 Å². The quantitative estimate of drug-likeness (QED) is 0.727. The molecule has 1 atom stereocenters. The van der Waals surface area contributed by atoms with Gasteiger partial charge >= 0.3 is 0 Å². The molecule has 1 aliphatic heterocycles. The molecular formula is C11H11ClO3. The van der Waals surface area contributed by atoms with Crippen LogP contribution in [0.15, 0.2) is 6.07 Å². The van der Waals surface area contributed by atoms with E-state index in [0.29, 0.717) is 28.5 Å². The molecule has 0 bridgehead atoms. The zero-order chi connectivity index (χ0) is 11.0. The van der Waals surface area contributed by atoms with E-state index in [1.165, 1.54) is 0 Å². The molecule has 0 spiro atoms. The number of aldehydes is 1. The second-order valence-corrected chi connectivity index (χ2v) is 3.92. The summed E-state index contributed by atoms with van der Waals surface area (Å²) in [5, 5.41) is 0.477. The van der Waals surface area contributed by atoms with Gasteiger partial charge in [0.25, 0.3) is 0 Å². The fourth-order valence-corrected chi connectivity index (χ4v) is 2.03. The second kappa shape index (κ2) is 3.74. The van der Waals surface area contributed by atoms with Crippen molar-refractivity contribution in [3.63, 3.8) is 0 Å². The van der Waals surface area contributed by atoms with Crippen LogP contribution in [0.4, 0.5) is 0 Å². The minimum atomic E-state index is 0.0771. The molecule has 1 aliphatic rings. The number of benzene rings is 1. The number of carbonyl (C=O) groups excluding carboxylic acids is 1. The van der Waals surface area contributed by atoms with E-state index in [1.54, 1.807) is 13.2 Å². The van der Waals surface area contributed by atoms with Crippen molar-refractivity contribution in [2.24, 2.45) is 0 Å². The first-order valence-corrected chi connectivity index (χ1v) is 5.06. The van der Waals surface area contributed by atoms with Crippen LogP contribution in [-0.4, -0.2) is 19.5 Å². The van der Waals surface area contributed by atoms with E-state index in [9.17, 15) is 4.79 Å². The zero-order valence-corrected chi connectivity index (χ0v) is 9.30. The lowest BCUT2D eigenvalue weighted by molar-refractivity contribution is 0.112. The number of halogens is 1. The summed E-state index contributed by atoms with van der Waals surface area (Å²) in [6.45, 7) is 1.95. The maximum Gasteiger partial charge on any atom is 0.166 e. The summed E-state index contributed by atoms with van der Waals surface area (Å²) in [5.74, 6) is 1.24. The minimum Gasteiger partial charge on any atom is -0.493 e. The number of rotatable bonds is 2. The summed E-state index contributed by atoms with van der Waals surface area (Å²) in [7, 11) is 1.55. The van der Waals surface area contributed by atoms with E-state index in [0.717, 1.165) is 11.8 Å². The van der Waals surface area contributed by atoms with Crippen molar-refractivity contribution >= 4 is 17.9 Å². The molecule has 1 heterocycles. The molecule has 0 saturated heterocycles. The molecule has 0 radical (unpaired) electrons. The highest BCUT2D eigenvalue weighted by Gasteiger charge is 2.27. The fourth-order valence-electron chi connectivity index (χ4n) is 1.77. The first kappa shape index (κ1) is 10.3. The summed E-state index contributed by atoms with van der Waals surface area (Å²) in [6.07, 6.45) is 1.52. The minimum absolute atomic E-state index is 0.0771. The van der Waals surface area contributed by atoms with Crippen LogP contribution < -0.4 is 9.47 Å². The third-order valence-corrected chi connectivity index (χ3v) is 2.91. The molecule has 0 fully saturated rings. The van der Waals surface area contributed by atoms with Crippen molar-refractivity contribution < 1.29 is 14.3 Å². The Hall–Kier alpha value is -1.22. The molecule has 0 amide bonds. The van der Waals surface area contributed by atoms with Gasteiger partial charge in [-0.15, -0.1) is 0 Å². The molecule has 80 valence electrons. The number of hydrogen-bond donors (Lipinski definition) is 0. The third-order valence-electron chi connectivity index (χ3n) is 2.46. The number of methoxy groups -OCH3 is 1. The lowest BCUT2D eigenvalue weighted by Gasteiger charge is -2.09. The van der Waals surface area contributed by atoms with E-state index in [1.807, 2.05) is 6.92 Å². The fraction of sp³-hybridized carbons (Fsp3) is 0.364. The Morgan fingerprint density at radius 1 is 1.67 bits per heavy atom. The summed E-state index contributed by atoms with van der Waals surface area (Å²) in [5.41, 5.74) is 1.32. The molecule has 0 saturated carbocycles. The van der Waals surface area contributed by atoms with Gasteiger partial charge in [0.1, 0.15) is 6.10 Å². The van der Waals surface area contributed by atoms with Crippen LogP contribution in [0.3, 0.4) is 0 Å². The van der Waals surface area contributed by atoms with Crippen LogP contribution in [-0.2, 0) is 6.42 Å². The number of hydrogen-bond acceptors (Lipinski definition) is 3. The molecule has 1 aromatic carbocycles. The summed E-state index contributed by atoms with van der Waals surface area (Å²) >= 11 is 6.08. The number of ether oxygens (including phenoxy) is 2. The molecule has 0 aliphatic carbocycles. The normalized spacial score (nSPS) is 18.2. The van der Waals surface area contributed by atoms with E-state index >= 15 is 0 Å². The maximum atomic E-state index is 10.8. The van der Waals surface area contributed by atoms with Crippen molar-refractivity contribution in [1.82, 2.24) is 0 Å². The van der Waals surface area contributed by atoms with Crippen LogP contribution in [0, 0.1) is 0 Å². The average Bonchev–Trinajstić information content (AvgIpc) is 2.61. The maximum absolute atomic E-state index is 10.8. The van der Waals surface area contributed by atoms with Gasteiger partial charge in [-0.25, -0.2) is 0 Å². The van der Waals surface area contributed by atoms with Crippen LogP contribution >= 0.6 is 11.6 Å². The molecule has 15 heavy (non-hydrogen) atoms. The molecule has 0 N–H and O–H groups in total. The summed E-state index contributed by atoms with van der Waals surface area (Å²) in [6, 6.07) is 1.60. The number of carbonyl (C=O) groups is 1. The Labute approximate surface area is 92.9 Å². The van der Waals surface area contributed by atoms with E-state index in [4.69, 9.17) is 21.1 Å². The smallest absolute Gasteiger partial charge is 0.166 e. The van der Waals surface area contributed by atoms with Crippen molar-refractivity contribution in [3.8, 4) is 11.5 Å². The molecule has 1 unspecified atom stereocenters. The molecule has 0 aromatic heterocycles. The van der Waals surface area contributed by atoms with Gasteiger partial charge in [-0.05, 0) is 13.0 Å². The Balaban J connectivity index is 2.62. The molecular weight excluding hydrogens is 216 g/mol. The van der Waals surface area contributed by atoms with Gasteiger partial charge in [-0.2, -0.15) is 0 Å². The van der Waals surface area contributed by atoms with E-state index in [2.05, 4.69) is 0 Å². The lowest BCUT2D eigenvalue weighted by Crippen LogP contribution is -2.05. The highest BCUT2D eigenvalue weighted by atomic mass is 35.5. The van der Waals surface area contributed by atoms with Crippen LogP contribution in [0.1, 0.15) is 22.8 Å². The highest BCUT2D eigenvalue weighted by Crippen LogP contribution is 2.43. The van der Waals surface area contributed by atoms with Crippen LogP contribution in [0.2, 0.25) is 5.02 Å². The van der Waals surface area contributed by atoms with Crippen molar-refractivity contribution in [3.05, 3.63) is 22.2 Å². The van der Waals surface area contributed by atoms with Gasteiger partial charge in [-0.1, -0.05) is 11.6 Å². The zero-order valence-electron chi connectivity index (χ0n) is 8.54. The average molecular weight is 227 g/mol. The second-order valence-electron chi connectivity index (χ2n) is 3.54. The van der Waals surface area contributed by atoms with Crippen molar-refractivity contribution in [1.29, 1.82) is 0 Å². The lowest BCUT2D eigenvalue weighted by atomic mass is 10.1. The Morgan fingerprint density at radius 2 is 2.40 bits per heavy atom. The van der Waals surface area contributed by atoms with Gasteiger partial charge in [0.2, 0.25) is 0 Å². The van der Waals surface area contributed by atoms with Crippen LogP contribution in [0.25, 0.3) is 0 Å². The highest BCUT2D eigenvalue weighted by molar-refractivity contribution is 6.34. The molecule has 3 nitrogen and oxygen atoms in total. The van der Waals surface area contributed by atoms with Crippen molar-refractivity contribution in [2.45, 2.75) is 19.4 Å². The summed E-state index contributed by atoms with van der Waals surface area (Å²) < 4.78 is 10.7. The standard InChI is InChI=1S/C11H11ClO3/c1-6-3-8-10(12)7(5-13)4-9(14-2)11(8)15-6/h4-6H,3H2,1-2H3. The van der Waals surface area contributed by atoms with E-state index < -0.39 is 0 Å². The largest absolute Gasteiger partial charge is 0.493 e. The van der Waals surface area contributed by atoms with Crippen molar-refractivity contribution in [2.75, 3.05) is 7.11 Å². The summed E-state index contributed by atoms with van der Waals surface area (Å²) in [4.78, 5) is 10.8. The molecule has 2 rings (SSSR count). The van der Waals surface area contributed by atoms with Crippen LogP contribution in [0.5, 0.6) is 11.5 Å².